The van der Waals surface area contributed by atoms with Gasteiger partial charge in [-0.25, -0.2) is 4.39 Å². The van der Waals surface area contributed by atoms with Gasteiger partial charge in [0.05, 0.1) is 11.4 Å². The molecule has 0 unspecified atom stereocenters. The van der Waals surface area contributed by atoms with Gasteiger partial charge in [-0.05, 0) is 59.3 Å². The molecule has 0 atom stereocenters. The van der Waals surface area contributed by atoms with Crippen molar-refractivity contribution in [2.24, 2.45) is 0 Å². The van der Waals surface area contributed by atoms with Crippen LogP contribution in [0.25, 0.3) is 6.08 Å². The van der Waals surface area contributed by atoms with Crippen molar-refractivity contribution in [2.75, 3.05) is 0 Å². The van der Waals surface area contributed by atoms with Crippen LogP contribution in [0.5, 0.6) is 5.75 Å². The van der Waals surface area contributed by atoms with E-state index in [9.17, 15) is 14.0 Å². The fraction of sp³-hybridized carbons (Fsp3) is 0.0833. The fourth-order valence-corrected chi connectivity index (χ4v) is 4.36. The number of benzene rings is 3. The molecule has 4 rings (SSSR count). The molecule has 1 fully saturated rings. The number of hydrogen-bond donors (Lipinski definition) is 0. The SMILES string of the molecule is O=C1S/C(=C/c2cccc(OCc3ccccc3F)c2)C(=O)N1Cc1cccc(Br)c1. The van der Waals surface area contributed by atoms with Gasteiger partial charge in [0.25, 0.3) is 11.1 Å². The summed E-state index contributed by atoms with van der Waals surface area (Å²) in [6.45, 7) is 0.312. The van der Waals surface area contributed by atoms with Crippen LogP contribution in [0, 0.1) is 5.82 Å². The molecule has 0 aromatic heterocycles. The van der Waals surface area contributed by atoms with E-state index in [4.69, 9.17) is 4.74 Å². The normalized spacial score (nSPS) is 15.0. The minimum absolute atomic E-state index is 0.0965. The van der Waals surface area contributed by atoms with Crippen LogP contribution in [0.15, 0.2) is 82.2 Å². The predicted molar refractivity (Wildman–Crippen MR) is 123 cm³/mol. The molecule has 3 aromatic rings. The summed E-state index contributed by atoms with van der Waals surface area (Å²) in [6, 6.07) is 21.1. The predicted octanol–water partition coefficient (Wildman–Crippen LogP) is 6.40. The molecule has 0 saturated carbocycles. The summed E-state index contributed by atoms with van der Waals surface area (Å²) < 4.78 is 20.4. The largest absolute Gasteiger partial charge is 0.489 e. The number of nitrogens with zero attached hydrogens (tertiary/aromatic N) is 1. The average molecular weight is 498 g/mol. The Morgan fingerprint density at radius 1 is 1.00 bits per heavy atom. The molecule has 1 heterocycles. The van der Waals surface area contributed by atoms with Crippen LogP contribution in [0.4, 0.5) is 9.18 Å². The Kier molecular flexibility index (Phi) is 6.53. The molecule has 0 bridgehead atoms. The van der Waals surface area contributed by atoms with E-state index in [0.29, 0.717) is 16.2 Å². The van der Waals surface area contributed by atoms with Gasteiger partial charge in [-0.1, -0.05) is 58.4 Å². The first kappa shape index (κ1) is 21.3. The molecule has 3 aromatic carbocycles. The van der Waals surface area contributed by atoms with Gasteiger partial charge in [-0.15, -0.1) is 0 Å². The standard InChI is InChI=1S/C24H17BrFNO3S/c25-19-8-3-6-17(11-19)14-27-23(28)22(31-24(27)29)13-16-5-4-9-20(12-16)30-15-18-7-1-2-10-21(18)26/h1-13H,14-15H2/b22-13+. The van der Waals surface area contributed by atoms with E-state index >= 15 is 0 Å². The van der Waals surface area contributed by atoms with E-state index in [1.54, 1.807) is 42.5 Å². The third-order valence-corrected chi connectivity index (χ3v) is 6.01. The molecule has 1 aliphatic heterocycles. The first-order chi connectivity index (χ1) is 15.0. The summed E-state index contributed by atoms with van der Waals surface area (Å²) in [7, 11) is 0. The maximum atomic E-state index is 13.8. The minimum Gasteiger partial charge on any atom is -0.489 e. The van der Waals surface area contributed by atoms with E-state index in [1.165, 1.54) is 11.0 Å². The topological polar surface area (TPSA) is 46.6 Å². The van der Waals surface area contributed by atoms with Crippen molar-refractivity contribution in [1.29, 1.82) is 0 Å². The highest BCUT2D eigenvalue weighted by Crippen LogP contribution is 2.34. The molecule has 4 nitrogen and oxygen atoms in total. The van der Waals surface area contributed by atoms with Crippen molar-refractivity contribution in [2.45, 2.75) is 13.2 Å². The van der Waals surface area contributed by atoms with Crippen LogP contribution >= 0.6 is 27.7 Å². The van der Waals surface area contributed by atoms with Gasteiger partial charge in [0.2, 0.25) is 0 Å². The van der Waals surface area contributed by atoms with Crippen molar-refractivity contribution in [3.63, 3.8) is 0 Å². The number of imide groups is 1. The lowest BCUT2D eigenvalue weighted by Crippen LogP contribution is -2.27. The van der Waals surface area contributed by atoms with Crippen LogP contribution in [-0.4, -0.2) is 16.0 Å². The molecule has 31 heavy (non-hydrogen) atoms. The van der Waals surface area contributed by atoms with Gasteiger partial charge < -0.3 is 4.74 Å². The highest BCUT2D eigenvalue weighted by Gasteiger charge is 2.35. The lowest BCUT2D eigenvalue weighted by molar-refractivity contribution is -0.123. The van der Waals surface area contributed by atoms with Crippen molar-refractivity contribution in [3.05, 3.63) is 105 Å². The van der Waals surface area contributed by atoms with Crippen molar-refractivity contribution >= 4 is 44.9 Å². The Balaban J connectivity index is 1.47. The highest BCUT2D eigenvalue weighted by atomic mass is 79.9. The number of rotatable bonds is 6. The van der Waals surface area contributed by atoms with Gasteiger partial charge in [0.1, 0.15) is 18.2 Å². The number of carbonyl (C=O) groups is 2. The molecular formula is C24H17BrFNO3S. The van der Waals surface area contributed by atoms with E-state index in [2.05, 4.69) is 15.9 Å². The molecule has 1 saturated heterocycles. The minimum atomic E-state index is -0.326. The zero-order chi connectivity index (χ0) is 21.8. The van der Waals surface area contributed by atoms with E-state index in [1.807, 2.05) is 30.3 Å². The fourth-order valence-electron chi connectivity index (χ4n) is 3.08. The highest BCUT2D eigenvalue weighted by molar-refractivity contribution is 9.10. The molecule has 0 N–H and O–H groups in total. The van der Waals surface area contributed by atoms with Gasteiger partial charge in [-0.3, -0.25) is 14.5 Å². The summed E-state index contributed by atoms with van der Waals surface area (Å²) >= 11 is 4.31. The van der Waals surface area contributed by atoms with Crippen LogP contribution in [0.3, 0.4) is 0 Å². The van der Waals surface area contributed by atoms with Crippen LogP contribution in [0.2, 0.25) is 0 Å². The van der Waals surface area contributed by atoms with Gasteiger partial charge in [-0.2, -0.15) is 0 Å². The van der Waals surface area contributed by atoms with E-state index < -0.39 is 0 Å². The second-order valence-electron chi connectivity index (χ2n) is 6.85. The molecule has 0 spiro atoms. The molecule has 2 amide bonds. The number of hydrogen-bond acceptors (Lipinski definition) is 4. The lowest BCUT2D eigenvalue weighted by Gasteiger charge is -2.12. The van der Waals surface area contributed by atoms with Crippen LogP contribution in [0.1, 0.15) is 16.7 Å². The maximum Gasteiger partial charge on any atom is 0.293 e. The number of halogens is 2. The molecule has 1 aliphatic rings. The first-order valence-electron chi connectivity index (χ1n) is 9.46. The van der Waals surface area contributed by atoms with Crippen molar-refractivity contribution < 1.29 is 18.7 Å². The molecule has 0 radical (unpaired) electrons. The summed E-state index contributed by atoms with van der Waals surface area (Å²) in [5, 5.41) is -0.303. The van der Waals surface area contributed by atoms with Crippen LogP contribution in [-0.2, 0) is 17.9 Å². The second kappa shape index (κ2) is 9.49. The number of ether oxygens (including phenoxy) is 1. The lowest BCUT2D eigenvalue weighted by atomic mass is 10.2. The first-order valence-corrected chi connectivity index (χ1v) is 11.1. The quantitative estimate of drug-likeness (QED) is 0.369. The van der Waals surface area contributed by atoms with E-state index in [-0.39, 0.29) is 30.1 Å². The number of carbonyl (C=O) groups excluding carboxylic acids is 2. The maximum absolute atomic E-state index is 13.8. The molecule has 156 valence electrons. The number of amides is 2. The Morgan fingerprint density at radius 2 is 1.81 bits per heavy atom. The Bertz CT molecular complexity index is 1180. The molecule has 7 heteroatoms. The van der Waals surface area contributed by atoms with Crippen molar-refractivity contribution in [1.82, 2.24) is 4.90 Å². The third-order valence-electron chi connectivity index (χ3n) is 4.61. The second-order valence-corrected chi connectivity index (χ2v) is 8.76. The Hall–Kier alpha value is -2.90. The Labute approximate surface area is 191 Å². The zero-order valence-electron chi connectivity index (χ0n) is 16.3. The monoisotopic (exact) mass is 497 g/mol. The molecular weight excluding hydrogens is 481 g/mol. The summed E-state index contributed by atoms with van der Waals surface area (Å²) in [5.41, 5.74) is 2.04. The van der Waals surface area contributed by atoms with Gasteiger partial charge >= 0.3 is 0 Å². The summed E-state index contributed by atoms with van der Waals surface area (Å²) in [6.07, 6.45) is 1.67. The van der Waals surface area contributed by atoms with Gasteiger partial charge in [0, 0.05) is 10.0 Å². The third kappa shape index (κ3) is 5.24. The van der Waals surface area contributed by atoms with Gasteiger partial charge in [0.15, 0.2) is 0 Å². The summed E-state index contributed by atoms with van der Waals surface area (Å²) in [5.74, 6) is -0.101. The average Bonchev–Trinajstić information content (AvgIpc) is 3.01. The molecule has 0 aliphatic carbocycles. The number of thioether (sulfide) groups is 1. The van der Waals surface area contributed by atoms with Crippen molar-refractivity contribution in [3.8, 4) is 5.75 Å². The van der Waals surface area contributed by atoms with E-state index in [0.717, 1.165) is 27.4 Å². The smallest absolute Gasteiger partial charge is 0.293 e. The summed E-state index contributed by atoms with van der Waals surface area (Å²) in [4.78, 5) is 26.7. The van der Waals surface area contributed by atoms with Crippen LogP contribution < -0.4 is 4.74 Å². The zero-order valence-corrected chi connectivity index (χ0v) is 18.7. The Morgan fingerprint density at radius 3 is 2.61 bits per heavy atom.